The molecule has 2 saturated heterocycles. The van der Waals surface area contributed by atoms with Crippen molar-refractivity contribution >= 4 is 5.91 Å². The molecule has 0 spiro atoms. The lowest BCUT2D eigenvalue weighted by atomic mass is 9.97. The van der Waals surface area contributed by atoms with Crippen LogP contribution in [0.5, 0.6) is 0 Å². The number of carbonyl (C=O) groups excluding carboxylic acids is 1. The van der Waals surface area contributed by atoms with Crippen molar-refractivity contribution in [1.82, 2.24) is 5.32 Å². The molecule has 0 radical (unpaired) electrons. The maximum atomic E-state index is 13.2. The monoisotopic (exact) mass is 990 g/mol. The highest BCUT2D eigenvalue weighted by atomic mass is 16.7. The zero-order chi connectivity index (χ0) is 50.3. The third-order valence-electron chi connectivity index (χ3n) is 14.6. The molecule has 0 saturated carbocycles. The lowest BCUT2D eigenvalue weighted by Crippen LogP contribution is -2.65. The predicted octanol–water partition coefficient (Wildman–Crippen LogP) is 8.95. The van der Waals surface area contributed by atoms with Crippen LogP contribution < -0.4 is 5.32 Å². The van der Waals surface area contributed by atoms with E-state index in [9.17, 15) is 45.6 Å². The Balaban J connectivity index is 1.76. The van der Waals surface area contributed by atoms with Gasteiger partial charge in [0, 0.05) is 6.42 Å². The van der Waals surface area contributed by atoms with Crippen molar-refractivity contribution < 1.29 is 64.6 Å². The molecule has 0 aromatic heterocycles. The number of hydrogen-bond donors (Lipinski definition) is 9. The smallest absolute Gasteiger partial charge is 0.220 e. The van der Waals surface area contributed by atoms with E-state index >= 15 is 0 Å². The SMILES string of the molecule is CCCCCCCCCCCCCCCCCCCCCCC(=O)NC(COC1OC(CO)C(OC2OC(CO)C(O)C(O)C2O)C(O)C1O)C(O)CCCCCCCCCCCCCCCCC. The molecule has 1 amide bonds. The molecule has 9 N–H and O–H groups in total. The first kappa shape index (κ1) is 64.1. The largest absolute Gasteiger partial charge is 0.394 e. The van der Waals surface area contributed by atoms with E-state index in [2.05, 4.69) is 19.2 Å². The van der Waals surface area contributed by atoms with Crippen LogP contribution in [0.1, 0.15) is 251 Å². The summed E-state index contributed by atoms with van der Waals surface area (Å²) in [5, 5.41) is 87.1. The standard InChI is InChI=1S/C55H107NO13/c1-3-5-7-9-11-13-15-17-19-20-21-22-23-25-27-29-31-33-35-37-39-47(60)56-43(44(59)38-36-34-32-30-28-26-24-18-16-14-12-10-8-6-4-2)42-66-54-52(65)50(63)53(46(41-58)68-54)69-55-51(64)49(62)48(61)45(40-57)67-55/h43-46,48-55,57-59,61-65H,3-42H2,1-2H3,(H,56,60). The maximum Gasteiger partial charge on any atom is 0.220 e. The molecule has 14 nitrogen and oxygen atoms in total. The Kier molecular flexibility index (Phi) is 39.4. The molecule has 12 atom stereocenters. The topological polar surface area (TPSA) is 228 Å². The predicted molar refractivity (Wildman–Crippen MR) is 272 cm³/mol. The van der Waals surface area contributed by atoms with Crippen LogP contribution in [0.3, 0.4) is 0 Å². The number of unbranched alkanes of at least 4 members (excludes halogenated alkanes) is 33. The molecule has 2 fully saturated rings. The van der Waals surface area contributed by atoms with Gasteiger partial charge in [-0.2, -0.15) is 0 Å². The minimum Gasteiger partial charge on any atom is -0.394 e. The number of nitrogens with one attached hydrogen (secondary N) is 1. The van der Waals surface area contributed by atoms with Gasteiger partial charge in [-0.05, 0) is 12.8 Å². The van der Waals surface area contributed by atoms with Gasteiger partial charge in [-0.1, -0.05) is 232 Å². The molecular weight excluding hydrogens is 883 g/mol. The Morgan fingerprint density at radius 1 is 0.464 bits per heavy atom. The van der Waals surface area contributed by atoms with Gasteiger partial charge in [0.25, 0.3) is 0 Å². The van der Waals surface area contributed by atoms with E-state index in [1.165, 1.54) is 173 Å². The molecule has 0 aromatic rings. The van der Waals surface area contributed by atoms with Crippen LogP contribution in [0.15, 0.2) is 0 Å². The fourth-order valence-electron chi connectivity index (χ4n) is 9.89. The van der Waals surface area contributed by atoms with Crippen LogP contribution in [0.4, 0.5) is 0 Å². The van der Waals surface area contributed by atoms with Gasteiger partial charge in [0.05, 0.1) is 32.0 Å². The van der Waals surface area contributed by atoms with Crippen molar-refractivity contribution in [1.29, 1.82) is 0 Å². The molecule has 0 bridgehead atoms. The van der Waals surface area contributed by atoms with Gasteiger partial charge in [-0.3, -0.25) is 4.79 Å². The van der Waals surface area contributed by atoms with Crippen molar-refractivity contribution in [2.45, 2.75) is 325 Å². The molecule has 410 valence electrons. The van der Waals surface area contributed by atoms with Gasteiger partial charge < -0.3 is 65.1 Å². The average molecular weight is 990 g/mol. The lowest BCUT2D eigenvalue weighted by molar-refractivity contribution is -0.359. The molecular formula is C55H107NO13. The Bertz CT molecular complexity index is 1170. The van der Waals surface area contributed by atoms with Gasteiger partial charge in [-0.15, -0.1) is 0 Å². The van der Waals surface area contributed by atoms with E-state index in [0.29, 0.717) is 12.8 Å². The van der Waals surface area contributed by atoms with Crippen LogP contribution in [-0.4, -0.2) is 140 Å². The molecule has 0 aromatic carbocycles. The van der Waals surface area contributed by atoms with E-state index in [1.807, 2.05) is 0 Å². The summed E-state index contributed by atoms with van der Waals surface area (Å²) in [5.41, 5.74) is 0. The number of ether oxygens (including phenoxy) is 4. The number of aliphatic hydroxyl groups excluding tert-OH is 8. The van der Waals surface area contributed by atoms with E-state index in [-0.39, 0.29) is 12.5 Å². The third-order valence-corrected chi connectivity index (χ3v) is 14.6. The number of carbonyl (C=O) groups is 1. The Labute approximate surface area is 419 Å². The zero-order valence-electron chi connectivity index (χ0n) is 43.8. The summed E-state index contributed by atoms with van der Waals surface area (Å²) < 4.78 is 22.8. The molecule has 14 heteroatoms. The molecule has 2 heterocycles. The van der Waals surface area contributed by atoms with Crippen molar-refractivity contribution in [3.8, 4) is 0 Å². The molecule has 2 aliphatic heterocycles. The van der Waals surface area contributed by atoms with Crippen LogP contribution in [0, 0.1) is 0 Å². The average Bonchev–Trinajstić information content (AvgIpc) is 3.35. The Morgan fingerprint density at radius 3 is 1.23 bits per heavy atom. The second-order valence-electron chi connectivity index (χ2n) is 20.8. The molecule has 69 heavy (non-hydrogen) atoms. The van der Waals surface area contributed by atoms with Gasteiger partial charge in [-0.25, -0.2) is 0 Å². The quantitative estimate of drug-likeness (QED) is 0.0260. The van der Waals surface area contributed by atoms with Crippen LogP contribution in [0.2, 0.25) is 0 Å². The number of hydrogen-bond acceptors (Lipinski definition) is 13. The summed E-state index contributed by atoms with van der Waals surface area (Å²) in [4.78, 5) is 13.2. The van der Waals surface area contributed by atoms with Gasteiger partial charge in [0.1, 0.15) is 48.8 Å². The molecule has 2 rings (SSSR count). The second-order valence-corrected chi connectivity index (χ2v) is 20.8. The number of rotatable bonds is 46. The van der Waals surface area contributed by atoms with E-state index in [4.69, 9.17) is 18.9 Å². The highest BCUT2D eigenvalue weighted by Crippen LogP contribution is 2.30. The Morgan fingerprint density at radius 2 is 0.826 bits per heavy atom. The van der Waals surface area contributed by atoms with Gasteiger partial charge in [0.15, 0.2) is 12.6 Å². The summed E-state index contributed by atoms with van der Waals surface area (Å²) in [6, 6.07) is -0.821. The lowest BCUT2D eigenvalue weighted by Gasteiger charge is -2.46. The summed E-state index contributed by atoms with van der Waals surface area (Å²) >= 11 is 0. The second kappa shape index (κ2) is 42.4. The summed E-state index contributed by atoms with van der Waals surface area (Å²) in [5.74, 6) is -0.201. The first-order chi connectivity index (χ1) is 33.6. The fourth-order valence-corrected chi connectivity index (χ4v) is 9.89. The minimum absolute atomic E-state index is 0.201. The van der Waals surface area contributed by atoms with Crippen molar-refractivity contribution in [2.24, 2.45) is 0 Å². The van der Waals surface area contributed by atoms with Crippen molar-refractivity contribution in [3.05, 3.63) is 0 Å². The summed E-state index contributed by atoms with van der Waals surface area (Å²) in [7, 11) is 0. The first-order valence-electron chi connectivity index (χ1n) is 28.8. The fraction of sp³-hybridized carbons (Fsp3) is 0.982. The number of aliphatic hydroxyl groups is 8. The van der Waals surface area contributed by atoms with Crippen LogP contribution in [-0.2, 0) is 23.7 Å². The Hall–Kier alpha value is -1.01. The summed E-state index contributed by atoms with van der Waals surface area (Å²) in [6.07, 6.45) is 28.1. The minimum atomic E-state index is -1.78. The van der Waals surface area contributed by atoms with Gasteiger partial charge in [0.2, 0.25) is 5.91 Å². The molecule has 2 aliphatic rings. The number of amides is 1. The van der Waals surface area contributed by atoms with Gasteiger partial charge >= 0.3 is 0 Å². The van der Waals surface area contributed by atoms with Crippen LogP contribution >= 0.6 is 0 Å². The summed E-state index contributed by atoms with van der Waals surface area (Å²) in [6.45, 7) is 2.89. The third kappa shape index (κ3) is 28.9. The van der Waals surface area contributed by atoms with E-state index in [0.717, 1.165) is 51.4 Å². The highest BCUT2D eigenvalue weighted by molar-refractivity contribution is 5.76. The maximum absolute atomic E-state index is 13.2. The van der Waals surface area contributed by atoms with Crippen molar-refractivity contribution in [2.75, 3.05) is 19.8 Å². The van der Waals surface area contributed by atoms with Crippen molar-refractivity contribution in [3.63, 3.8) is 0 Å². The van der Waals surface area contributed by atoms with Crippen LogP contribution in [0.25, 0.3) is 0 Å². The zero-order valence-corrected chi connectivity index (χ0v) is 43.8. The van der Waals surface area contributed by atoms with E-state index in [1.54, 1.807) is 0 Å². The molecule has 0 aliphatic carbocycles. The normalized spacial score (nSPS) is 26.1. The van der Waals surface area contributed by atoms with E-state index < -0.39 is 86.8 Å². The molecule has 12 unspecified atom stereocenters. The first-order valence-corrected chi connectivity index (χ1v) is 28.8. The highest BCUT2D eigenvalue weighted by Gasteiger charge is 2.51.